The van der Waals surface area contributed by atoms with Gasteiger partial charge in [0.15, 0.2) is 11.5 Å². The Labute approximate surface area is 229 Å². The van der Waals surface area contributed by atoms with Crippen molar-refractivity contribution in [2.45, 2.75) is 20.8 Å². The lowest BCUT2D eigenvalue weighted by atomic mass is 9.95. The maximum Gasteiger partial charge on any atom is 0.360 e. The van der Waals surface area contributed by atoms with Crippen molar-refractivity contribution in [1.29, 1.82) is 0 Å². The predicted molar refractivity (Wildman–Crippen MR) is 151 cm³/mol. The number of aryl methyl sites for hydroxylation is 2. The minimum absolute atomic E-state index is 0.00765. The van der Waals surface area contributed by atoms with Crippen molar-refractivity contribution < 1.29 is 28.2 Å². The summed E-state index contributed by atoms with van der Waals surface area (Å²) in [5.41, 5.74) is 3.11. The molecule has 0 atom stereocenters. The number of rotatable bonds is 7. The molecule has 39 heavy (non-hydrogen) atoms. The largest absolute Gasteiger partial charge is 0.493 e. The third kappa shape index (κ3) is 5.81. The van der Waals surface area contributed by atoms with Crippen LogP contribution in [0.4, 0.5) is 5.69 Å². The topological polar surface area (TPSA) is 104 Å². The average Bonchev–Trinajstić information content (AvgIpc) is 2.90. The van der Waals surface area contributed by atoms with Crippen molar-refractivity contribution >= 4 is 46.2 Å². The van der Waals surface area contributed by atoms with Crippen molar-refractivity contribution in [2.75, 3.05) is 19.5 Å². The Morgan fingerprint density at radius 2 is 1.64 bits per heavy atom. The highest BCUT2D eigenvalue weighted by Gasteiger charge is 2.20. The summed E-state index contributed by atoms with van der Waals surface area (Å²) in [5, 5.41) is 3.78. The zero-order chi connectivity index (χ0) is 28.3. The summed E-state index contributed by atoms with van der Waals surface area (Å²) in [4.78, 5) is 37.7. The predicted octanol–water partition coefficient (Wildman–Crippen LogP) is 6.32. The number of carbonyl (C=O) groups is 2. The van der Waals surface area contributed by atoms with Crippen LogP contribution >= 0.6 is 11.6 Å². The van der Waals surface area contributed by atoms with E-state index in [2.05, 4.69) is 5.32 Å². The van der Waals surface area contributed by atoms with Crippen LogP contribution in [-0.4, -0.2) is 26.1 Å². The molecule has 0 spiro atoms. The summed E-state index contributed by atoms with van der Waals surface area (Å²) in [5.74, 6) is -0.497. The Morgan fingerprint density at radius 3 is 2.26 bits per heavy atom. The van der Waals surface area contributed by atoms with Crippen LogP contribution in [0.25, 0.3) is 28.2 Å². The van der Waals surface area contributed by atoms with Gasteiger partial charge in [-0.15, -0.1) is 0 Å². The molecule has 8 nitrogen and oxygen atoms in total. The number of benzene rings is 3. The monoisotopic (exact) mass is 547 g/mol. The van der Waals surface area contributed by atoms with Gasteiger partial charge in [0.1, 0.15) is 11.3 Å². The van der Waals surface area contributed by atoms with E-state index in [1.54, 1.807) is 24.3 Å². The number of hydrogen-bond acceptors (Lipinski definition) is 7. The van der Waals surface area contributed by atoms with Crippen LogP contribution in [-0.2, 0) is 9.59 Å². The summed E-state index contributed by atoms with van der Waals surface area (Å²) in [7, 11) is 2.84. The van der Waals surface area contributed by atoms with Crippen LogP contribution in [0, 0.1) is 13.8 Å². The van der Waals surface area contributed by atoms with Gasteiger partial charge in [-0.05, 0) is 66.4 Å². The number of carbonyl (C=O) groups excluding carboxylic acids is 2. The second kappa shape index (κ2) is 11.4. The molecule has 1 aromatic heterocycles. The number of methoxy groups -OCH3 is 2. The Hall–Kier alpha value is -4.56. The second-order valence-corrected chi connectivity index (χ2v) is 9.13. The van der Waals surface area contributed by atoms with E-state index in [0.29, 0.717) is 27.1 Å². The molecule has 0 saturated carbocycles. The van der Waals surface area contributed by atoms with E-state index in [1.165, 1.54) is 33.3 Å². The molecule has 4 aromatic rings. The van der Waals surface area contributed by atoms with E-state index in [0.717, 1.165) is 16.7 Å². The lowest BCUT2D eigenvalue weighted by molar-refractivity contribution is -0.132. The van der Waals surface area contributed by atoms with E-state index < -0.39 is 17.5 Å². The first-order chi connectivity index (χ1) is 18.6. The number of anilines is 1. The minimum atomic E-state index is -0.696. The molecule has 0 bridgehead atoms. The molecule has 3 aromatic carbocycles. The van der Waals surface area contributed by atoms with Crippen LogP contribution in [0.2, 0.25) is 5.02 Å². The molecule has 9 heteroatoms. The quantitative estimate of drug-likeness (QED) is 0.125. The van der Waals surface area contributed by atoms with E-state index >= 15 is 0 Å². The van der Waals surface area contributed by atoms with Crippen molar-refractivity contribution in [1.82, 2.24) is 0 Å². The van der Waals surface area contributed by atoms with Gasteiger partial charge in [0.25, 0.3) is 0 Å². The number of amides is 1. The molecular formula is C30H26ClNO7. The Morgan fingerprint density at radius 1 is 0.974 bits per heavy atom. The third-order valence-corrected chi connectivity index (χ3v) is 6.41. The highest BCUT2D eigenvalue weighted by Crippen LogP contribution is 2.40. The van der Waals surface area contributed by atoms with Crippen molar-refractivity contribution in [3.05, 3.63) is 86.7 Å². The number of hydrogen-bond donors (Lipinski definition) is 1. The molecule has 1 amide bonds. The van der Waals surface area contributed by atoms with Crippen LogP contribution in [0.1, 0.15) is 23.6 Å². The van der Waals surface area contributed by atoms with E-state index in [9.17, 15) is 14.4 Å². The summed E-state index contributed by atoms with van der Waals surface area (Å²) in [6.45, 7) is 5.00. The molecule has 0 fully saturated rings. The van der Waals surface area contributed by atoms with Gasteiger partial charge in [-0.2, -0.15) is 0 Å². The first-order valence-corrected chi connectivity index (χ1v) is 12.3. The third-order valence-electron chi connectivity index (χ3n) is 6.01. The first kappa shape index (κ1) is 27.5. The number of ether oxygens (including phenoxy) is 3. The fourth-order valence-corrected chi connectivity index (χ4v) is 4.31. The number of nitrogens with one attached hydrogen (secondary N) is 1. The number of esters is 1. The fraction of sp³-hybridized carbons (Fsp3) is 0.167. The Bertz CT molecular complexity index is 1660. The highest BCUT2D eigenvalue weighted by molar-refractivity contribution is 6.32. The van der Waals surface area contributed by atoms with E-state index in [1.807, 2.05) is 38.1 Å². The minimum Gasteiger partial charge on any atom is -0.493 e. The van der Waals surface area contributed by atoms with Gasteiger partial charge >= 0.3 is 11.6 Å². The van der Waals surface area contributed by atoms with Gasteiger partial charge in [-0.1, -0.05) is 35.9 Å². The fourth-order valence-electron chi connectivity index (χ4n) is 4.15. The van der Waals surface area contributed by atoms with Crippen LogP contribution in [0.15, 0.2) is 63.8 Å². The Balaban J connectivity index is 1.77. The SMILES string of the molecule is COc1cc(/C=C/C(=O)Nc2c(-c3ccccc3C)c3cc(Cl)c(C)cc3oc2=O)cc(OC)c1OC(C)=O. The van der Waals surface area contributed by atoms with Crippen LogP contribution in [0.5, 0.6) is 17.2 Å². The Kier molecular flexibility index (Phi) is 8.07. The van der Waals surface area contributed by atoms with Gasteiger partial charge < -0.3 is 23.9 Å². The zero-order valence-corrected chi connectivity index (χ0v) is 22.8. The van der Waals surface area contributed by atoms with Gasteiger partial charge in [0.2, 0.25) is 11.7 Å². The summed E-state index contributed by atoms with van der Waals surface area (Å²) in [6, 6.07) is 14.1. The lowest BCUT2D eigenvalue weighted by Crippen LogP contribution is -2.17. The number of fused-ring (bicyclic) bond motifs is 1. The lowest BCUT2D eigenvalue weighted by Gasteiger charge is -2.15. The second-order valence-electron chi connectivity index (χ2n) is 8.72. The van der Waals surface area contributed by atoms with Gasteiger partial charge in [-0.25, -0.2) is 4.79 Å². The molecule has 0 aliphatic carbocycles. The molecule has 200 valence electrons. The smallest absolute Gasteiger partial charge is 0.360 e. The number of halogens is 1. The van der Waals surface area contributed by atoms with Crippen molar-refractivity contribution in [3.8, 4) is 28.4 Å². The molecule has 1 N–H and O–H groups in total. The summed E-state index contributed by atoms with van der Waals surface area (Å²) < 4.78 is 21.4. The standard InChI is InChI=1S/C30H26ClNO7/c1-16-8-6-7-9-20(16)27-21-15-22(31)17(2)12-23(21)39-30(35)28(27)32-26(34)11-10-19-13-24(36-4)29(38-18(3)33)25(14-19)37-5/h6-15H,1-5H3,(H,32,34)/b11-10+. The molecule has 0 radical (unpaired) electrons. The van der Waals surface area contributed by atoms with E-state index in [-0.39, 0.29) is 22.9 Å². The zero-order valence-electron chi connectivity index (χ0n) is 22.0. The van der Waals surface area contributed by atoms with Gasteiger partial charge in [0.05, 0.1) is 14.2 Å². The molecule has 0 aliphatic heterocycles. The molecule has 0 unspecified atom stereocenters. The van der Waals surface area contributed by atoms with Crippen LogP contribution < -0.4 is 25.2 Å². The highest BCUT2D eigenvalue weighted by atomic mass is 35.5. The summed E-state index contributed by atoms with van der Waals surface area (Å²) in [6.07, 6.45) is 2.77. The van der Waals surface area contributed by atoms with Crippen molar-refractivity contribution in [3.63, 3.8) is 0 Å². The van der Waals surface area contributed by atoms with Gasteiger partial charge in [0, 0.05) is 29.0 Å². The molecule has 0 aliphatic rings. The molecule has 0 saturated heterocycles. The van der Waals surface area contributed by atoms with E-state index in [4.69, 9.17) is 30.2 Å². The van der Waals surface area contributed by atoms with Crippen LogP contribution in [0.3, 0.4) is 0 Å². The summed E-state index contributed by atoms with van der Waals surface area (Å²) >= 11 is 6.42. The first-order valence-electron chi connectivity index (χ1n) is 11.9. The molecule has 1 heterocycles. The van der Waals surface area contributed by atoms with Gasteiger partial charge in [-0.3, -0.25) is 9.59 Å². The molecular weight excluding hydrogens is 522 g/mol. The van der Waals surface area contributed by atoms with Crippen molar-refractivity contribution in [2.24, 2.45) is 0 Å². The average molecular weight is 548 g/mol. The maximum absolute atomic E-state index is 13.1. The maximum atomic E-state index is 13.1. The molecule has 4 rings (SSSR count). The normalized spacial score (nSPS) is 11.0.